The van der Waals surface area contributed by atoms with Gasteiger partial charge in [0.15, 0.2) is 0 Å². The molecule has 27 heavy (non-hydrogen) atoms. The molecule has 5 nitrogen and oxygen atoms in total. The Kier molecular flexibility index (Phi) is 5.26. The number of amides is 1. The maximum absolute atomic E-state index is 13.1. The van der Waals surface area contributed by atoms with Crippen molar-refractivity contribution in [3.05, 3.63) is 77.4 Å². The van der Waals surface area contributed by atoms with E-state index in [1.165, 1.54) is 12.1 Å². The van der Waals surface area contributed by atoms with Crippen LogP contribution >= 0.6 is 0 Å². The van der Waals surface area contributed by atoms with Gasteiger partial charge in [-0.3, -0.25) is 4.79 Å². The van der Waals surface area contributed by atoms with Crippen molar-refractivity contribution in [2.24, 2.45) is 0 Å². The number of carbonyl (C=O) groups excluding carboxylic acids is 1. The molecule has 0 bridgehead atoms. The Labute approximate surface area is 158 Å². The minimum Gasteiger partial charge on any atom is -0.378 e. The number of nitrogens with one attached hydrogen (secondary N) is 1. The highest BCUT2D eigenvalue weighted by Crippen LogP contribution is 2.21. The van der Waals surface area contributed by atoms with Gasteiger partial charge < -0.3 is 10.2 Å². The highest BCUT2D eigenvalue weighted by molar-refractivity contribution is 5.94. The van der Waals surface area contributed by atoms with E-state index in [4.69, 9.17) is 0 Å². The monoisotopic (exact) mass is 366 g/mol. The third-order valence-electron chi connectivity index (χ3n) is 4.58. The molecule has 0 unspecified atom stereocenters. The van der Waals surface area contributed by atoms with E-state index >= 15 is 0 Å². The Balaban J connectivity index is 1.75. The first-order valence-electron chi connectivity index (χ1n) is 8.75. The molecule has 3 aromatic rings. The van der Waals surface area contributed by atoms with Crippen LogP contribution in [-0.2, 0) is 0 Å². The smallest absolute Gasteiger partial charge is 0.251 e. The van der Waals surface area contributed by atoms with Crippen molar-refractivity contribution in [2.45, 2.75) is 19.9 Å². The van der Waals surface area contributed by atoms with Gasteiger partial charge in [0, 0.05) is 36.6 Å². The molecule has 0 saturated heterocycles. The number of hydrogen-bond donors (Lipinski definition) is 1. The van der Waals surface area contributed by atoms with Crippen LogP contribution in [0.25, 0.3) is 5.69 Å². The predicted octanol–water partition coefficient (Wildman–Crippen LogP) is 3.88. The lowest BCUT2D eigenvalue weighted by molar-refractivity contribution is 0.0940. The van der Waals surface area contributed by atoms with Gasteiger partial charge in [-0.05, 0) is 62.4 Å². The number of hydrogen-bond acceptors (Lipinski definition) is 3. The summed E-state index contributed by atoms with van der Waals surface area (Å²) in [5.41, 5.74) is 4.24. The van der Waals surface area contributed by atoms with Crippen LogP contribution in [-0.4, -0.2) is 29.8 Å². The first-order valence-corrected chi connectivity index (χ1v) is 8.75. The Morgan fingerprint density at radius 1 is 1.11 bits per heavy atom. The van der Waals surface area contributed by atoms with Crippen molar-refractivity contribution >= 4 is 11.6 Å². The van der Waals surface area contributed by atoms with Crippen molar-refractivity contribution in [3.8, 4) is 5.69 Å². The Morgan fingerprint density at radius 3 is 2.33 bits per heavy atom. The molecule has 0 aliphatic heterocycles. The van der Waals surface area contributed by atoms with E-state index in [1.807, 2.05) is 57.1 Å². The second-order valence-corrected chi connectivity index (χ2v) is 6.71. The second-order valence-electron chi connectivity index (χ2n) is 6.71. The van der Waals surface area contributed by atoms with E-state index < -0.39 is 0 Å². The molecule has 1 heterocycles. The summed E-state index contributed by atoms with van der Waals surface area (Å²) >= 11 is 0. The number of nitrogens with zero attached hydrogens (tertiary/aromatic N) is 3. The summed E-state index contributed by atoms with van der Waals surface area (Å²) < 4.78 is 14.9. The van der Waals surface area contributed by atoms with E-state index in [9.17, 15) is 9.18 Å². The largest absolute Gasteiger partial charge is 0.378 e. The summed E-state index contributed by atoms with van der Waals surface area (Å²) in [5.74, 6) is -0.425. The van der Waals surface area contributed by atoms with Crippen LogP contribution in [0.1, 0.15) is 34.6 Å². The van der Waals surface area contributed by atoms with Gasteiger partial charge in [-0.1, -0.05) is 0 Å². The van der Waals surface area contributed by atoms with Gasteiger partial charge in [-0.25, -0.2) is 9.07 Å². The SMILES string of the molecule is Cc1c([C@H](C)NC(=O)c2ccc(N(C)C)cc2)cnn1-c1ccc(F)cc1. The standard InChI is InChI=1S/C21H23FN4O/c1-14(24-21(27)16-5-9-18(10-6-16)25(3)4)20-13-23-26(15(20)2)19-11-7-17(22)8-12-19/h5-14H,1-4H3,(H,24,27)/t14-/m0/s1. The molecular formula is C21H23FN4O. The molecule has 1 aromatic heterocycles. The molecule has 140 valence electrons. The van der Waals surface area contributed by atoms with Gasteiger partial charge in [0.1, 0.15) is 5.82 Å². The average Bonchev–Trinajstić information content (AvgIpc) is 3.04. The summed E-state index contributed by atoms with van der Waals surface area (Å²) in [6.07, 6.45) is 1.73. The zero-order chi connectivity index (χ0) is 19.6. The van der Waals surface area contributed by atoms with Crippen molar-refractivity contribution in [1.29, 1.82) is 0 Å². The molecule has 1 atom stereocenters. The van der Waals surface area contributed by atoms with Gasteiger partial charge in [0.25, 0.3) is 5.91 Å². The van der Waals surface area contributed by atoms with Gasteiger partial charge in [0.2, 0.25) is 0 Å². The average molecular weight is 366 g/mol. The van der Waals surface area contributed by atoms with Crippen LogP contribution < -0.4 is 10.2 Å². The lowest BCUT2D eigenvalue weighted by Gasteiger charge is -2.16. The van der Waals surface area contributed by atoms with Crippen LogP contribution in [0.5, 0.6) is 0 Å². The third-order valence-corrected chi connectivity index (χ3v) is 4.58. The fourth-order valence-corrected chi connectivity index (χ4v) is 2.96. The van der Waals surface area contributed by atoms with Crippen LogP contribution in [0.2, 0.25) is 0 Å². The van der Waals surface area contributed by atoms with E-state index in [-0.39, 0.29) is 17.8 Å². The lowest BCUT2D eigenvalue weighted by Crippen LogP contribution is -2.27. The fraction of sp³-hybridized carbons (Fsp3) is 0.238. The normalized spacial score (nSPS) is 11.9. The minimum atomic E-state index is -0.287. The second kappa shape index (κ2) is 7.61. The van der Waals surface area contributed by atoms with Gasteiger partial charge in [0.05, 0.1) is 17.9 Å². The zero-order valence-corrected chi connectivity index (χ0v) is 15.9. The molecule has 1 amide bonds. The molecule has 6 heteroatoms. The van der Waals surface area contributed by atoms with Crippen LogP contribution in [0.3, 0.4) is 0 Å². The first-order chi connectivity index (χ1) is 12.9. The quantitative estimate of drug-likeness (QED) is 0.746. The van der Waals surface area contributed by atoms with Crippen molar-refractivity contribution < 1.29 is 9.18 Å². The maximum atomic E-state index is 13.1. The Bertz CT molecular complexity index is 930. The molecule has 0 radical (unpaired) electrons. The van der Waals surface area contributed by atoms with E-state index in [0.29, 0.717) is 5.56 Å². The summed E-state index contributed by atoms with van der Waals surface area (Å²) in [4.78, 5) is 14.5. The summed E-state index contributed by atoms with van der Waals surface area (Å²) in [6.45, 7) is 3.85. The highest BCUT2D eigenvalue weighted by Gasteiger charge is 2.17. The lowest BCUT2D eigenvalue weighted by atomic mass is 10.1. The van der Waals surface area contributed by atoms with Crippen LogP contribution in [0.4, 0.5) is 10.1 Å². The summed E-state index contributed by atoms with van der Waals surface area (Å²) in [6, 6.07) is 13.4. The number of aromatic nitrogens is 2. The third kappa shape index (κ3) is 4.00. The van der Waals surface area contributed by atoms with E-state index in [0.717, 1.165) is 22.6 Å². The predicted molar refractivity (Wildman–Crippen MR) is 105 cm³/mol. The molecule has 0 aliphatic carbocycles. The topological polar surface area (TPSA) is 50.2 Å². The summed E-state index contributed by atoms with van der Waals surface area (Å²) in [5, 5.41) is 7.40. The molecular weight excluding hydrogens is 343 g/mol. The first kappa shape index (κ1) is 18.6. The Morgan fingerprint density at radius 2 is 1.74 bits per heavy atom. The van der Waals surface area contributed by atoms with Crippen molar-refractivity contribution in [2.75, 3.05) is 19.0 Å². The van der Waals surface area contributed by atoms with Gasteiger partial charge in [-0.2, -0.15) is 5.10 Å². The number of rotatable bonds is 5. The molecule has 2 aromatic carbocycles. The van der Waals surface area contributed by atoms with Crippen LogP contribution in [0, 0.1) is 12.7 Å². The van der Waals surface area contributed by atoms with E-state index in [1.54, 1.807) is 23.0 Å². The fourth-order valence-electron chi connectivity index (χ4n) is 2.96. The molecule has 0 spiro atoms. The van der Waals surface area contributed by atoms with Crippen molar-refractivity contribution in [1.82, 2.24) is 15.1 Å². The number of carbonyl (C=O) groups is 1. The van der Waals surface area contributed by atoms with Crippen molar-refractivity contribution in [3.63, 3.8) is 0 Å². The highest BCUT2D eigenvalue weighted by atomic mass is 19.1. The number of anilines is 1. The number of halogens is 1. The zero-order valence-electron chi connectivity index (χ0n) is 15.9. The molecule has 0 saturated carbocycles. The molecule has 3 rings (SSSR count). The molecule has 1 N–H and O–H groups in total. The van der Waals surface area contributed by atoms with Gasteiger partial charge >= 0.3 is 0 Å². The summed E-state index contributed by atoms with van der Waals surface area (Å²) in [7, 11) is 3.91. The van der Waals surface area contributed by atoms with E-state index in [2.05, 4.69) is 10.4 Å². The number of benzene rings is 2. The molecule has 0 aliphatic rings. The minimum absolute atomic E-state index is 0.137. The van der Waals surface area contributed by atoms with Gasteiger partial charge in [-0.15, -0.1) is 0 Å². The van der Waals surface area contributed by atoms with Crippen LogP contribution in [0.15, 0.2) is 54.7 Å². The molecule has 0 fully saturated rings. The maximum Gasteiger partial charge on any atom is 0.251 e. The Hall–Kier alpha value is -3.15.